The van der Waals surface area contributed by atoms with E-state index in [0.29, 0.717) is 5.56 Å². The first-order valence-corrected chi connectivity index (χ1v) is 7.42. The zero-order valence-electron chi connectivity index (χ0n) is 7.99. The van der Waals surface area contributed by atoms with Crippen molar-refractivity contribution in [1.29, 1.82) is 0 Å². The van der Waals surface area contributed by atoms with Crippen LogP contribution in [-0.2, 0) is 20.4 Å². The van der Waals surface area contributed by atoms with Gasteiger partial charge in [-0.25, -0.2) is 13.2 Å². The van der Waals surface area contributed by atoms with E-state index in [0.717, 1.165) is 11.3 Å². The lowest BCUT2D eigenvalue weighted by Gasteiger charge is -2.01. The van der Waals surface area contributed by atoms with Gasteiger partial charge < -0.3 is 10.1 Å². The Hall–Kier alpha value is -0.500. The lowest BCUT2D eigenvalue weighted by molar-refractivity contribution is 0.142. The Kier molecular flexibility index (Phi) is 4.43. The van der Waals surface area contributed by atoms with Crippen molar-refractivity contribution in [2.45, 2.75) is 10.8 Å². The van der Waals surface area contributed by atoms with Crippen LogP contribution in [0.2, 0.25) is 4.34 Å². The third-order valence-electron chi connectivity index (χ3n) is 1.54. The van der Waals surface area contributed by atoms with E-state index < -0.39 is 15.1 Å². The van der Waals surface area contributed by atoms with Crippen LogP contribution in [0.15, 0.2) is 10.3 Å². The molecule has 0 aliphatic carbocycles. The molecule has 0 fully saturated rings. The highest BCUT2D eigenvalue weighted by Gasteiger charge is 2.17. The second kappa shape index (κ2) is 5.22. The Bertz CT molecular complexity index is 496. The number of alkyl carbamates (subject to hydrolysis) is 1. The van der Waals surface area contributed by atoms with Crippen molar-refractivity contribution >= 4 is 48.8 Å². The van der Waals surface area contributed by atoms with E-state index in [9.17, 15) is 13.2 Å². The van der Waals surface area contributed by atoms with Crippen molar-refractivity contribution in [3.05, 3.63) is 16.0 Å². The van der Waals surface area contributed by atoms with E-state index in [1.165, 1.54) is 13.1 Å². The molecular formula is C7H7Cl2NO4S2. The molecule has 0 aromatic carbocycles. The molecule has 0 saturated carbocycles. The zero-order valence-corrected chi connectivity index (χ0v) is 11.1. The van der Waals surface area contributed by atoms with Gasteiger partial charge in [0.2, 0.25) is 0 Å². The van der Waals surface area contributed by atoms with E-state index in [2.05, 4.69) is 5.32 Å². The number of thiophene rings is 1. The van der Waals surface area contributed by atoms with Crippen molar-refractivity contribution in [1.82, 2.24) is 5.32 Å². The summed E-state index contributed by atoms with van der Waals surface area (Å²) in [4.78, 5) is 10.8. The Morgan fingerprint density at radius 3 is 2.69 bits per heavy atom. The average molecular weight is 304 g/mol. The summed E-state index contributed by atoms with van der Waals surface area (Å²) in [6.45, 7) is -0.110. The molecule has 1 heterocycles. The molecule has 90 valence electrons. The molecule has 1 rings (SSSR count). The molecule has 0 radical (unpaired) electrons. The third-order valence-corrected chi connectivity index (χ3v) is 5.05. The van der Waals surface area contributed by atoms with Gasteiger partial charge in [0, 0.05) is 23.3 Å². The minimum absolute atomic E-state index is 0.0744. The van der Waals surface area contributed by atoms with E-state index in [-0.39, 0.29) is 15.2 Å². The highest BCUT2D eigenvalue weighted by Crippen LogP contribution is 2.33. The molecule has 9 heteroatoms. The Morgan fingerprint density at radius 1 is 1.62 bits per heavy atom. The van der Waals surface area contributed by atoms with Crippen molar-refractivity contribution in [3.8, 4) is 0 Å². The average Bonchev–Trinajstić information content (AvgIpc) is 2.56. The third kappa shape index (κ3) is 3.51. The smallest absolute Gasteiger partial charge is 0.407 e. The van der Waals surface area contributed by atoms with Crippen LogP contribution in [0.3, 0.4) is 0 Å². The Labute approximate surface area is 106 Å². The number of hydrogen-bond acceptors (Lipinski definition) is 5. The van der Waals surface area contributed by atoms with Gasteiger partial charge in [0.05, 0.1) is 0 Å². The van der Waals surface area contributed by atoms with Gasteiger partial charge in [-0.1, -0.05) is 11.6 Å². The maximum atomic E-state index is 11.0. The lowest BCUT2D eigenvalue weighted by atomic mass is 10.4. The molecule has 0 aliphatic heterocycles. The van der Waals surface area contributed by atoms with E-state index in [1.807, 2.05) is 0 Å². The van der Waals surface area contributed by atoms with Gasteiger partial charge >= 0.3 is 6.09 Å². The molecule has 0 spiro atoms. The van der Waals surface area contributed by atoms with Gasteiger partial charge in [-0.15, -0.1) is 11.3 Å². The molecular weight excluding hydrogens is 297 g/mol. The number of hydrogen-bond donors (Lipinski definition) is 1. The van der Waals surface area contributed by atoms with E-state index in [1.54, 1.807) is 0 Å². The van der Waals surface area contributed by atoms with Gasteiger partial charge in [-0.05, 0) is 6.07 Å². The first-order valence-electron chi connectivity index (χ1n) is 3.92. The number of amides is 1. The molecule has 1 aromatic rings. The summed E-state index contributed by atoms with van der Waals surface area (Å²) in [5.41, 5.74) is 0.398. The van der Waals surface area contributed by atoms with Gasteiger partial charge in [-0.3, -0.25) is 0 Å². The van der Waals surface area contributed by atoms with Crippen molar-refractivity contribution in [3.63, 3.8) is 0 Å². The first-order chi connectivity index (χ1) is 7.34. The molecule has 0 bridgehead atoms. The van der Waals surface area contributed by atoms with E-state index in [4.69, 9.17) is 27.0 Å². The summed E-state index contributed by atoms with van der Waals surface area (Å²) in [5.74, 6) is 0. The summed E-state index contributed by atoms with van der Waals surface area (Å²) in [5, 5.41) is 2.25. The molecule has 1 amide bonds. The number of ether oxygens (including phenoxy) is 1. The van der Waals surface area contributed by atoms with Gasteiger partial charge in [-0.2, -0.15) is 0 Å². The normalized spacial score (nSPS) is 11.2. The second-order valence-electron chi connectivity index (χ2n) is 2.63. The summed E-state index contributed by atoms with van der Waals surface area (Å²) in [6, 6.07) is 1.28. The van der Waals surface area contributed by atoms with Crippen LogP contribution in [0.4, 0.5) is 4.79 Å². The minimum atomic E-state index is -3.80. The highest BCUT2D eigenvalue weighted by atomic mass is 35.7. The van der Waals surface area contributed by atoms with Crippen molar-refractivity contribution in [2.75, 3.05) is 7.05 Å². The molecule has 0 atom stereocenters. The van der Waals surface area contributed by atoms with Gasteiger partial charge in [0.1, 0.15) is 15.2 Å². The standard InChI is InChI=1S/C7H7Cl2NO4S2/c1-10-7(11)14-3-4-2-5(15-6(4)8)16(9,12)13/h2H,3H2,1H3,(H,10,11). The van der Waals surface area contributed by atoms with Crippen molar-refractivity contribution < 1.29 is 17.9 Å². The van der Waals surface area contributed by atoms with Crippen LogP contribution in [-0.4, -0.2) is 21.6 Å². The molecule has 5 nitrogen and oxygen atoms in total. The summed E-state index contributed by atoms with van der Waals surface area (Å²) < 4.78 is 26.8. The fourth-order valence-electron chi connectivity index (χ4n) is 0.816. The quantitative estimate of drug-likeness (QED) is 0.869. The number of nitrogens with one attached hydrogen (secondary N) is 1. The molecule has 16 heavy (non-hydrogen) atoms. The maximum Gasteiger partial charge on any atom is 0.407 e. The summed E-state index contributed by atoms with van der Waals surface area (Å²) in [6.07, 6.45) is -0.627. The van der Waals surface area contributed by atoms with Crippen molar-refractivity contribution in [2.24, 2.45) is 0 Å². The Morgan fingerprint density at radius 2 is 2.25 bits per heavy atom. The maximum absolute atomic E-state index is 11.0. The van der Waals surface area contributed by atoms with Gasteiger partial charge in [0.15, 0.2) is 0 Å². The van der Waals surface area contributed by atoms with Crippen LogP contribution in [0.25, 0.3) is 0 Å². The van der Waals surface area contributed by atoms with Gasteiger partial charge in [0.25, 0.3) is 9.05 Å². The van der Waals surface area contributed by atoms with Crippen LogP contribution in [0.5, 0.6) is 0 Å². The summed E-state index contributed by atoms with van der Waals surface area (Å²) in [7, 11) is 2.75. The molecule has 1 N–H and O–H groups in total. The SMILES string of the molecule is CNC(=O)OCc1cc(S(=O)(=O)Cl)sc1Cl. The van der Waals surface area contributed by atoms with Crippen LogP contribution in [0.1, 0.15) is 5.56 Å². The van der Waals surface area contributed by atoms with Crippen LogP contribution >= 0.6 is 33.6 Å². The van der Waals surface area contributed by atoms with Crippen LogP contribution in [0, 0.1) is 0 Å². The van der Waals surface area contributed by atoms with E-state index >= 15 is 0 Å². The highest BCUT2D eigenvalue weighted by molar-refractivity contribution is 8.15. The monoisotopic (exact) mass is 303 g/mol. The zero-order chi connectivity index (χ0) is 12.3. The lowest BCUT2D eigenvalue weighted by Crippen LogP contribution is -2.18. The minimum Gasteiger partial charge on any atom is -0.445 e. The largest absolute Gasteiger partial charge is 0.445 e. The topological polar surface area (TPSA) is 72.5 Å². The molecule has 0 saturated heterocycles. The molecule has 1 aromatic heterocycles. The molecule has 0 aliphatic rings. The number of carbonyl (C=O) groups excluding carboxylic acids is 1. The van der Waals surface area contributed by atoms with Crippen LogP contribution < -0.4 is 5.32 Å². The number of carbonyl (C=O) groups is 1. The predicted octanol–water partition coefficient (Wildman–Crippen LogP) is 2.19. The predicted molar refractivity (Wildman–Crippen MR) is 61.6 cm³/mol. The molecule has 0 unspecified atom stereocenters. The Balaban J connectivity index is 2.83. The first kappa shape index (κ1) is 13.6. The fraction of sp³-hybridized carbons (Fsp3) is 0.286. The summed E-state index contributed by atoms with van der Waals surface area (Å²) >= 11 is 6.58. The number of halogens is 2. The fourth-order valence-corrected chi connectivity index (χ4v) is 3.29. The number of rotatable bonds is 3. The second-order valence-corrected chi connectivity index (χ2v) is 7.08.